The van der Waals surface area contributed by atoms with Gasteiger partial charge in [0, 0.05) is 13.0 Å². The van der Waals surface area contributed by atoms with Crippen LogP contribution in [0.5, 0.6) is 0 Å². The lowest BCUT2D eigenvalue weighted by Crippen LogP contribution is -2.60. The molecule has 0 bridgehead atoms. The van der Waals surface area contributed by atoms with Crippen molar-refractivity contribution in [1.29, 1.82) is 0 Å². The van der Waals surface area contributed by atoms with E-state index in [1.165, 1.54) is 141 Å². The zero-order valence-electron chi connectivity index (χ0n) is 43.6. The summed E-state index contributed by atoms with van der Waals surface area (Å²) in [6.07, 6.45) is 50.2. The first-order valence-electron chi connectivity index (χ1n) is 27.9. The molecular weight excluding hydrogens is 897 g/mol. The van der Waals surface area contributed by atoms with Crippen molar-refractivity contribution in [3.63, 3.8) is 0 Å². The van der Waals surface area contributed by atoms with Crippen molar-refractivity contribution < 1.29 is 56.2 Å². The highest BCUT2D eigenvalue weighted by Gasteiger charge is 2.48. The topological polar surface area (TPSA) is 178 Å². The Morgan fingerprint density at radius 1 is 0.565 bits per heavy atom. The molecule has 6 unspecified atom stereocenters. The highest BCUT2D eigenvalue weighted by Crippen LogP contribution is 2.26. The van der Waals surface area contributed by atoms with E-state index in [0.29, 0.717) is 13.0 Å². The normalized spacial score (nSPS) is 19.5. The number of aliphatic hydroxyl groups excluding tert-OH is 3. The lowest BCUT2D eigenvalue weighted by molar-refractivity contribution is -0.301. The average molecular weight is 999 g/mol. The highest BCUT2D eigenvalue weighted by atomic mass is 32.3. The number of rotatable bonds is 49. The summed E-state index contributed by atoms with van der Waals surface area (Å²) in [7, 11) is -5.07. The third kappa shape index (κ3) is 40.3. The first kappa shape index (κ1) is 65.1. The van der Waals surface area contributed by atoms with Gasteiger partial charge in [-0.2, -0.15) is 8.42 Å². The largest absolute Gasteiger partial charge is 0.457 e. The second-order valence-electron chi connectivity index (χ2n) is 19.2. The molecular formula is C56H102O12S. The standard InChI is InChI=1S/C56H102O12S/c1-3-5-7-9-11-13-15-17-19-21-22-23-24-25-26-27-28-30-32-34-36-38-40-42-44-46-64-48-50(49-65-56-54(60)55(68-69(61,62)63)53(59)51(47-57)67-56)66-52(58)45-43-41-39-37-35-33-31-29-20-18-16-14-12-10-8-6-4-2/h6,8,12,14,18,20,31,33,50-51,53-57,59-60H,3-5,7,9-11,13,15-17,19,21-30,32,34-49H2,1-2H3,(H,61,62,63)/b8-6-,14-12-,20-18-,33-31-. The summed E-state index contributed by atoms with van der Waals surface area (Å²) < 4.78 is 59.3. The molecule has 1 aliphatic heterocycles. The molecule has 0 radical (unpaired) electrons. The predicted octanol–water partition coefficient (Wildman–Crippen LogP) is 13.5. The van der Waals surface area contributed by atoms with Crippen LogP contribution in [0.3, 0.4) is 0 Å². The van der Waals surface area contributed by atoms with Crippen molar-refractivity contribution in [3.8, 4) is 0 Å². The molecule has 1 rings (SSSR count). The van der Waals surface area contributed by atoms with Gasteiger partial charge in [-0.15, -0.1) is 0 Å². The quantitative estimate of drug-likeness (QED) is 0.0196. The number of ether oxygens (including phenoxy) is 4. The minimum Gasteiger partial charge on any atom is -0.457 e. The van der Waals surface area contributed by atoms with Crippen LogP contribution >= 0.6 is 0 Å². The van der Waals surface area contributed by atoms with E-state index in [2.05, 4.69) is 66.6 Å². The number of hydrogen-bond donors (Lipinski definition) is 4. The summed E-state index contributed by atoms with van der Waals surface area (Å²) in [6, 6.07) is 0. The van der Waals surface area contributed by atoms with Crippen molar-refractivity contribution in [2.45, 2.75) is 275 Å². The Morgan fingerprint density at radius 3 is 1.46 bits per heavy atom. The van der Waals surface area contributed by atoms with E-state index in [1.54, 1.807) is 0 Å². The minimum atomic E-state index is -5.07. The molecule has 404 valence electrons. The molecule has 4 N–H and O–H groups in total. The van der Waals surface area contributed by atoms with Gasteiger partial charge in [-0.05, 0) is 51.4 Å². The van der Waals surface area contributed by atoms with Crippen molar-refractivity contribution in [3.05, 3.63) is 48.6 Å². The van der Waals surface area contributed by atoms with Gasteiger partial charge in [0.25, 0.3) is 0 Å². The van der Waals surface area contributed by atoms with Crippen molar-refractivity contribution in [2.75, 3.05) is 26.4 Å². The number of aliphatic hydroxyl groups is 3. The first-order chi connectivity index (χ1) is 33.6. The summed E-state index contributed by atoms with van der Waals surface area (Å²) in [6.45, 7) is 3.89. The summed E-state index contributed by atoms with van der Waals surface area (Å²) in [5.41, 5.74) is 0. The Kier molecular flexibility index (Phi) is 44.4. The van der Waals surface area contributed by atoms with Gasteiger partial charge in [0.2, 0.25) is 0 Å². The second-order valence-corrected chi connectivity index (χ2v) is 20.2. The number of esters is 1. The molecule has 1 saturated heterocycles. The minimum absolute atomic E-state index is 0.0276. The molecule has 69 heavy (non-hydrogen) atoms. The molecule has 0 aromatic heterocycles. The number of allylic oxidation sites excluding steroid dienone is 8. The van der Waals surface area contributed by atoms with E-state index >= 15 is 0 Å². The van der Waals surface area contributed by atoms with Gasteiger partial charge >= 0.3 is 16.4 Å². The first-order valence-corrected chi connectivity index (χ1v) is 29.3. The summed E-state index contributed by atoms with van der Waals surface area (Å²) >= 11 is 0. The van der Waals surface area contributed by atoms with Crippen LogP contribution < -0.4 is 0 Å². The van der Waals surface area contributed by atoms with E-state index in [0.717, 1.165) is 70.6 Å². The molecule has 13 heteroatoms. The lowest BCUT2D eigenvalue weighted by atomic mass is 9.99. The van der Waals surface area contributed by atoms with Crippen LogP contribution in [0.15, 0.2) is 48.6 Å². The van der Waals surface area contributed by atoms with Crippen molar-refractivity contribution in [1.82, 2.24) is 0 Å². The highest BCUT2D eigenvalue weighted by molar-refractivity contribution is 7.80. The van der Waals surface area contributed by atoms with E-state index in [9.17, 15) is 33.1 Å². The Bertz CT molecular complexity index is 1380. The Morgan fingerprint density at radius 2 is 1.00 bits per heavy atom. The van der Waals surface area contributed by atoms with Crippen LogP contribution in [0.4, 0.5) is 0 Å². The van der Waals surface area contributed by atoms with E-state index in [1.807, 2.05) is 0 Å². The fraction of sp³-hybridized carbons (Fsp3) is 0.839. The zero-order valence-corrected chi connectivity index (χ0v) is 44.4. The Labute approximate surface area is 421 Å². The molecule has 0 aromatic carbocycles. The van der Waals surface area contributed by atoms with Gasteiger partial charge < -0.3 is 34.3 Å². The summed E-state index contributed by atoms with van der Waals surface area (Å²) in [4.78, 5) is 12.9. The van der Waals surface area contributed by atoms with E-state index < -0.39 is 59.8 Å². The second kappa shape index (κ2) is 47.1. The molecule has 1 heterocycles. The molecule has 0 spiro atoms. The maximum Gasteiger partial charge on any atom is 0.397 e. The summed E-state index contributed by atoms with van der Waals surface area (Å²) in [5, 5.41) is 30.8. The van der Waals surface area contributed by atoms with Crippen LogP contribution in [0, 0.1) is 0 Å². The molecule has 12 nitrogen and oxygen atoms in total. The Hall–Kier alpha value is -1.94. The fourth-order valence-electron chi connectivity index (χ4n) is 8.55. The van der Waals surface area contributed by atoms with Crippen LogP contribution in [-0.4, -0.2) is 97.5 Å². The smallest absolute Gasteiger partial charge is 0.397 e. The van der Waals surface area contributed by atoms with Gasteiger partial charge in [0.1, 0.15) is 30.5 Å². The van der Waals surface area contributed by atoms with Crippen LogP contribution in [0.2, 0.25) is 0 Å². The number of carbonyl (C=O) groups excluding carboxylic acids is 1. The molecule has 0 aromatic rings. The van der Waals surface area contributed by atoms with Crippen molar-refractivity contribution >= 4 is 16.4 Å². The molecule has 1 aliphatic rings. The van der Waals surface area contributed by atoms with Crippen LogP contribution in [0.25, 0.3) is 0 Å². The number of hydrogen-bond acceptors (Lipinski definition) is 11. The van der Waals surface area contributed by atoms with Crippen LogP contribution in [0.1, 0.15) is 239 Å². The molecule has 0 aliphatic carbocycles. The molecule has 6 atom stereocenters. The van der Waals surface area contributed by atoms with E-state index in [-0.39, 0.29) is 19.6 Å². The van der Waals surface area contributed by atoms with Gasteiger partial charge in [-0.1, -0.05) is 229 Å². The maximum absolute atomic E-state index is 12.9. The van der Waals surface area contributed by atoms with Gasteiger partial charge in [-0.3, -0.25) is 9.35 Å². The number of unbranched alkanes of at least 4 members (excludes halogenated alkanes) is 28. The maximum atomic E-state index is 12.9. The van der Waals surface area contributed by atoms with Gasteiger partial charge in [0.05, 0.1) is 19.8 Å². The predicted molar refractivity (Wildman–Crippen MR) is 280 cm³/mol. The Balaban J connectivity index is 2.30. The van der Waals surface area contributed by atoms with Gasteiger partial charge in [-0.25, -0.2) is 4.18 Å². The molecule has 0 amide bonds. The fourth-order valence-corrected chi connectivity index (χ4v) is 9.06. The third-order valence-electron chi connectivity index (χ3n) is 12.7. The SMILES string of the molecule is CC/C=C\C/C=C\C/C=C\C/C=C\CCCCCCC(=O)OC(COCCCCCCCCCCCCCCCCCCCCCCCCCCC)COC1OC(CO)C(O)C(OS(=O)(=O)O)C1O. The summed E-state index contributed by atoms with van der Waals surface area (Å²) in [5.74, 6) is -0.419. The monoisotopic (exact) mass is 999 g/mol. The zero-order chi connectivity index (χ0) is 50.3. The molecule has 0 saturated carbocycles. The van der Waals surface area contributed by atoms with Crippen molar-refractivity contribution in [2.24, 2.45) is 0 Å². The van der Waals surface area contributed by atoms with E-state index in [4.69, 9.17) is 18.9 Å². The lowest BCUT2D eigenvalue weighted by Gasteiger charge is -2.41. The average Bonchev–Trinajstić information content (AvgIpc) is 3.32. The van der Waals surface area contributed by atoms with Crippen LogP contribution in [-0.2, 0) is 38.3 Å². The number of carbonyl (C=O) groups is 1. The molecule has 1 fully saturated rings. The third-order valence-corrected chi connectivity index (χ3v) is 13.2. The van der Waals surface area contributed by atoms with Gasteiger partial charge in [0.15, 0.2) is 6.29 Å².